The molecular formula is C10H18O3. The number of carbonyl (C=O) groups is 1. The van der Waals surface area contributed by atoms with E-state index in [2.05, 4.69) is 11.7 Å². The Hall–Kier alpha value is -0.570. The van der Waals surface area contributed by atoms with Gasteiger partial charge >= 0.3 is 5.97 Å². The van der Waals surface area contributed by atoms with Crippen molar-refractivity contribution in [3.05, 3.63) is 0 Å². The molecule has 1 aliphatic carbocycles. The molecule has 1 fully saturated rings. The molecule has 0 aliphatic heterocycles. The molecule has 0 radical (unpaired) electrons. The first-order chi connectivity index (χ1) is 6.16. The van der Waals surface area contributed by atoms with Crippen molar-refractivity contribution in [1.82, 2.24) is 0 Å². The standard InChI is InChI=1S/C10H18O3/c1-3-4-5-10(6-7-10)8(11)9(12)13-2/h8,11H,3-7H2,1-2H3. The third-order valence-corrected chi connectivity index (χ3v) is 2.92. The molecule has 0 bridgehead atoms. The van der Waals surface area contributed by atoms with Gasteiger partial charge in [-0.3, -0.25) is 0 Å². The molecule has 3 heteroatoms. The molecule has 0 heterocycles. The van der Waals surface area contributed by atoms with Gasteiger partial charge in [0.2, 0.25) is 0 Å². The van der Waals surface area contributed by atoms with Gasteiger partial charge in [0.25, 0.3) is 0 Å². The summed E-state index contributed by atoms with van der Waals surface area (Å²) in [6.07, 6.45) is 4.15. The van der Waals surface area contributed by atoms with E-state index >= 15 is 0 Å². The number of rotatable bonds is 5. The molecule has 0 aromatic heterocycles. The van der Waals surface area contributed by atoms with Gasteiger partial charge < -0.3 is 9.84 Å². The Balaban J connectivity index is 2.44. The van der Waals surface area contributed by atoms with E-state index in [-0.39, 0.29) is 5.41 Å². The topological polar surface area (TPSA) is 46.5 Å². The van der Waals surface area contributed by atoms with Gasteiger partial charge in [-0.15, -0.1) is 0 Å². The first-order valence-corrected chi connectivity index (χ1v) is 4.92. The number of aliphatic hydroxyl groups is 1. The second-order valence-corrected chi connectivity index (χ2v) is 3.89. The SMILES string of the molecule is CCCCC1(C(O)C(=O)OC)CC1. The molecule has 13 heavy (non-hydrogen) atoms. The first-order valence-electron chi connectivity index (χ1n) is 4.92. The van der Waals surface area contributed by atoms with Crippen molar-refractivity contribution >= 4 is 5.97 Å². The van der Waals surface area contributed by atoms with Gasteiger partial charge in [0, 0.05) is 5.41 Å². The van der Waals surface area contributed by atoms with Gasteiger partial charge in [-0.25, -0.2) is 4.79 Å². The van der Waals surface area contributed by atoms with Crippen LogP contribution >= 0.6 is 0 Å². The molecule has 3 nitrogen and oxygen atoms in total. The molecule has 1 rings (SSSR count). The second-order valence-electron chi connectivity index (χ2n) is 3.89. The highest BCUT2D eigenvalue weighted by Crippen LogP contribution is 2.52. The molecule has 1 N–H and O–H groups in total. The minimum atomic E-state index is -0.899. The Bertz CT molecular complexity index is 185. The molecule has 1 aliphatic rings. The summed E-state index contributed by atoms with van der Waals surface area (Å²) in [5.74, 6) is -0.478. The molecule has 0 spiro atoms. The zero-order valence-corrected chi connectivity index (χ0v) is 8.38. The Labute approximate surface area is 79.1 Å². The fourth-order valence-electron chi connectivity index (χ4n) is 1.71. The van der Waals surface area contributed by atoms with Crippen LogP contribution in [0.2, 0.25) is 0 Å². The molecule has 0 saturated heterocycles. The van der Waals surface area contributed by atoms with Gasteiger partial charge in [-0.1, -0.05) is 19.8 Å². The van der Waals surface area contributed by atoms with Crippen molar-refractivity contribution in [3.8, 4) is 0 Å². The van der Waals surface area contributed by atoms with Gasteiger partial charge in [-0.05, 0) is 19.3 Å². The fraction of sp³-hybridized carbons (Fsp3) is 0.900. The average Bonchev–Trinajstić information content (AvgIpc) is 2.93. The van der Waals surface area contributed by atoms with Crippen molar-refractivity contribution in [2.24, 2.45) is 5.41 Å². The van der Waals surface area contributed by atoms with E-state index < -0.39 is 12.1 Å². The molecule has 1 atom stereocenters. The monoisotopic (exact) mass is 186 g/mol. The maximum Gasteiger partial charge on any atom is 0.335 e. The molecule has 0 amide bonds. The average molecular weight is 186 g/mol. The number of hydrogen-bond acceptors (Lipinski definition) is 3. The van der Waals surface area contributed by atoms with Gasteiger partial charge in [0.05, 0.1) is 7.11 Å². The number of aliphatic hydroxyl groups excluding tert-OH is 1. The highest BCUT2D eigenvalue weighted by molar-refractivity contribution is 5.75. The molecule has 76 valence electrons. The van der Waals surface area contributed by atoms with E-state index in [1.165, 1.54) is 7.11 Å². The smallest absolute Gasteiger partial charge is 0.335 e. The van der Waals surface area contributed by atoms with Crippen LogP contribution in [0.25, 0.3) is 0 Å². The minimum absolute atomic E-state index is 0.136. The summed E-state index contributed by atoms with van der Waals surface area (Å²) in [5.41, 5.74) is -0.136. The van der Waals surface area contributed by atoms with E-state index in [0.717, 1.165) is 32.1 Å². The third-order valence-electron chi connectivity index (χ3n) is 2.92. The lowest BCUT2D eigenvalue weighted by molar-refractivity contribution is -0.154. The predicted octanol–water partition coefficient (Wildman–Crippen LogP) is 1.49. The molecule has 1 unspecified atom stereocenters. The maximum atomic E-state index is 11.1. The van der Waals surface area contributed by atoms with Crippen molar-refractivity contribution in [2.75, 3.05) is 7.11 Å². The summed E-state index contributed by atoms with van der Waals surface area (Å²) in [7, 11) is 1.32. The maximum absolute atomic E-state index is 11.1. The Kier molecular flexibility index (Phi) is 3.31. The van der Waals surface area contributed by atoms with Crippen LogP contribution in [-0.4, -0.2) is 24.3 Å². The van der Waals surface area contributed by atoms with E-state index in [1.807, 2.05) is 0 Å². The number of hydrogen-bond donors (Lipinski definition) is 1. The number of carbonyl (C=O) groups excluding carboxylic acids is 1. The fourth-order valence-corrected chi connectivity index (χ4v) is 1.71. The van der Waals surface area contributed by atoms with E-state index in [1.54, 1.807) is 0 Å². The summed E-state index contributed by atoms with van der Waals surface area (Å²) in [6, 6.07) is 0. The quantitative estimate of drug-likeness (QED) is 0.662. The zero-order chi connectivity index (χ0) is 9.90. The zero-order valence-electron chi connectivity index (χ0n) is 8.38. The number of methoxy groups -OCH3 is 1. The lowest BCUT2D eigenvalue weighted by Crippen LogP contribution is -2.32. The van der Waals surface area contributed by atoms with Crippen LogP contribution in [0.15, 0.2) is 0 Å². The predicted molar refractivity (Wildman–Crippen MR) is 49.2 cm³/mol. The first kappa shape index (κ1) is 10.5. The lowest BCUT2D eigenvalue weighted by atomic mass is 9.93. The van der Waals surface area contributed by atoms with E-state index in [0.29, 0.717) is 0 Å². The summed E-state index contributed by atoms with van der Waals surface area (Å²) in [6.45, 7) is 2.11. The Morgan fingerprint density at radius 2 is 2.23 bits per heavy atom. The normalized spacial score (nSPS) is 20.8. The van der Waals surface area contributed by atoms with Crippen LogP contribution < -0.4 is 0 Å². The lowest BCUT2D eigenvalue weighted by Gasteiger charge is -2.19. The van der Waals surface area contributed by atoms with Crippen LogP contribution in [0.4, 0.5) is 0 Å². The highest BCUT2D eigenvalue weighted by Gasteiger charge is 2.51. The Morgan fingerprint density at radius 3 is 2.62 bits per heavy atom. The Morgan fingerprint density at radius 1 is 1.62 bits per heavy atom. The summed E-state index contributed by atoms with van der Waals surface area (Å²) >= 11 is 0. The number of esters is 1. The summed E-state index contributed by atoms with van der Waals surface area (Å²) in [4.78, 5) is 11.1. The van der Waals surface area contributed by atoms with Crippen LogP contribution in [0.3, 0.4) is 0 Å². The molecule has 0 aromatic carbocycles. The molecular weight excluding hydrogens is 168 g/mol. The van der Waals surface area contributed by atoms with E-state index in [4.69, 9.17) is 0 Å². The van der Waals surface area contributed by atoms with Crippen molar-refractivity contribution in [1.29, 1.82) is 0 Å². The largest absolute Gasteiger partial charge is 0.467 e. The third kappa shape index (κ3) is 2.21. The summed E-state index contributed by atoms with van der Waals surface area (Å²) < 4.78 is 4.53. The molecule has 0 aromatic rings. The minimum Gasteiger partial charge on any atom is -0.467 e. The van der Waals surface area contributed by atoms with Crippen molar-refractivity contribution in [2.45, 2.75) is 45.1 Å². The highest BCUT2D eigenvalue weighted by atomic mass is 16.5. The summed E-state index contributed by atoms with van der Waals surface area (Å²) in [5, 5.41) is 9.66. The number of unbranched alkanes of at least 4 members (excludes halogenated alkanes) is 1. The van der Waals surface area contributed by atoms with Gasteiger partial charge in [-0.2, -0.15) is 0 Å². The van der Waals surface area contributed by atoms with Gasteiger partial charge in [0.1, 0.15) is 0 Å². The van der Waals surface area contributed by atoms with Crippen LogP contribution in [-0.2, 0) is 9.53 Å². The second kappa shape index (κ2) is 4.09. The van der Waals surface area contributed by atoms with Crippen LogP contribution in [0, 0.1) is 5.41 Å². The van der Waals surface area contributed by atoms with E-state index in [9.17, 15) is 9.90 Å². The van der Waals surface area contributed by atoms with Crippen molar-refractivity contribution in [3.63, 3.8) is 0 Å². The van der Waals surface area contributed by atoms with Crippen LogP contribution in [0.1, 0.15) is 39.0 Å². The van der Waals surface area contributed by atoms with Crippen LogP contribution in [0.5, 0.6) is 0 Å². The van der Waals surface area contributed by atoms with Gasteiger partial charge in [0.15, 0.2) is 6.10 Å². The number of ether oxygens (including phenoxy) is 1. The molecule has 1 saturated carbocycles. The van der Waals surface area contributed by atoms with Crippen molar-refractivity contribution < 1.29 is 14.6 Å².